The molecular formula is C18H30N2O. The molecule has 0 bridgehead atoms. The van der Waals surface area contributed by atoms with E-state index in [4.69, 9.17) is 4.74 Å². The Morgan fingerprint density at radius 3 is 2.43 bits per heavy atom. The Morgan fingerprint density at radius 1 is 1.19 bits per heavy atom. The molecule has 0 spiro atoms. The summed E-state index contributed by atoms with van der Waals surface area (Å²) in [5.41, 5.74) is 1.42. The van der Waals surface area contributed by atoms with Crippen molar-refractivity contribution in [3.63, 3.8) is 0 Å². The average molecular weight is 290 g/mol. The van der Waals surface area contributed by atoms with E-state index in [2.05, 4.69) is 54.4 Å². The summed E-state index contributed by atoms with van der Waals surface area (Å²) >= 11 is 0. The highest BCUT2D eigenvalue weighted by atomic mass is 16.5. The Labute approximate surface area is 129 Å². The first-order chi connectivity index (χ1) is 10.2. The molecule has 1 unspecified atom stereocenters. The molecule has 0 aromatic heterocycles. The van der Waals surface area contributed by atoms with Crippen LogP contribution in [0, 0.1) is 5.92 Å². The number of likely N-dealkylation sites (tertiary alicyclic amines) is 1. The zero-order valence-corrected chi connectivity index (χ0v) is 13.7. The molecule has 1 aliphatic rings. The zero-order valence-electron chi connectivity index (χ0n) is 13.7. The van der Waals surface area contributed by atoms with Crippen LogP contribution in [0.25, 0.3) is 0 Å². The molecule has 1 heterocycles. The number of hydrogen-bond donors (Lipinski definition) is 1. The summed E-state index contributed by atoms with van der Waals surface area (Å²) in [5.74, 6) is 0.618. The van der Waals surface area contributed by atoms with E-state index >= 15 is 0 Å². The van der Waals surface area contributed by atoms with Crippen molar-refractivity contribution in [3.8, 4) is 0 Å². The Morgan fingerprint density at radius 2 is 1.86 bits per heavy atom. The lowest BCUT2D eigenvalue weighted by Crippen LogP contribution is -2.49. The van der Waals surface area contributed by atoms with Crippen LogP contribution in [0.1, 0.15) is 32.3 Å². The fraction of sp³-hybridized carbons (Fsp3) is 0.667. The van der Waals surface area contributed by atoms with Crippen LogP contribution < -0.4 is 5.32 Å². The highest BCUT2D eigenvalue weighted by Gasteiger charge is 2.23. The summed E-state index contributed by atoms with van der Waals surface area (Å²) in [6.07, 6.45) is 2.47. The average Bonchev–Trinajstić information content (AvgIpc) is 2.49. The van der Waals surface area contributed by atoms with Gasteiger partial charge in [0.25, 0.3) is 0 Å². The van der Waals surface area contributed by atoms with Gasteiger partial charge in [-0.1, -0.05) is 44.2 Å². The molecule has 1 aromatic carbocycles. The molecule has 3 nitrogen and oxygen atoms in total. The van der Waals surface area contributed by atoms with Crippen molar-refractivity contribution < 1.29 is 4.74 Å². The number of ether oxygens (including phenoxy) is 1. The number of benzene rings is 1. The minimum Gasteiger partial charge on any atom is -0.383 e. The van der Waals surface area contributed by atoms with Crippen molar-refractivity contribution >= 4 is 0 Å². The van der Waals surface area contributed by atoms with Crippen molar-refractivity contribution in [2.75, 3.05) is 26.8 Å². The molecule has 0 amide bonds. The quantitative estimate of drug-likeness (QED) is 0.835. The van der Waals surface area contributed by atoms with Gasteiger partial charge in [0.15, 0.2) is 0 Å². The van der Waals surface area contributed by atoms with E-state index in [1.165, 1.54) is 31.5 Å². The first-order valence-electron chi connectivity index (χ1n) is 8.20. The molecule has 1 N–H and O–H groups in total. The van der Waals surface area contributed by atoms with Gasteiger partial charge in [-0.15, -0.1) is 0 Å². The summed E-state index contributed by atoms with van der Waals surface area (Å²) in [4.78, 5) is 2.56. The number of nitrogens with zero attached hydrogens (tertiary/aromatic N) is 1. The number of rotatable bonds is 7. The molecule has 1 aliphatic heterocycles. The SMILES string of the molecule is COCC(NC1CCN(Cc2ccccc2)CC1)C(C)C. The van der Waals surface area contributed by atoms with Gasteiger partial charge in [0.1, 0.15) is 0 Å². The minimum atomic E-state index is 0.473. The van der Waals surface area contributed by atoms with Crippen LogP contribution in [0.15, 0.2) is 30.3 Å². The first kappa shape index (κ1) is 16.5. The second kappa shape index (κ2) is 8.52. The van der Waals surface area contributed by atoms with Gasteiger partial charge < -0.3 is 10.1 Å². The van der Waals surface area contributed by atoms with E-state index in [1.54, 1.807) is 7.11 Å². The molecule has 1 fully saturated rings. The van der Waals surface area contributed by atoms with Crippen LogP contribution in [-0.2, 0) is 11.3 Å². The smallest absolute Gasteiger partial charge is 0.0618 e. The van der Waals surface area contributed by atoms with E-state index in [-0.39, 0.29) is 0 Å². The monoisotopic (exact) mass is 290 g/mol. The fourth-order valence-electron chi connectivity index (χ4n) is 3.01. The van der Waals surface area contributed by atoms with Crippen LogP contribution in [0.4, 0.5) is 0 Å². The summed E-state index contributed by atoms with van der Waals surface area (Å²) in [6.45, 7) is 8.79. The maximum Gasteiger partial charge on any atom is 0.0618 e. The van der Waals surface area contributed by atoms with E-state index < -0.39 is 0 Å². The Hall–Kier alpha value is -0.900. The lowest BCUT2D eigenvalue weighted by atomic mass is 9.99. The van der Waals surface area contributed by atoms with Gasteiger partial charge >= 0.3 is 0 Å². The van der Waals surface area contributed by atoms with Crippen LogP contribution >= 0.6 is 0 Å². The maximum atomic E-state index is 5.33. The molecule has 1 saturated heterocycles. The van der Waals surface area contributed by atoms with Gasteiger partial charge in [-0.3, -0.25) is 4.90 Å². The van der Waals surface area contributed by atoms with E-state index in [0.29, 0.717) is 18.0 Å². The zero-order chi connectivity index (χ0) is 15.1. The normalized spacial score (nSPS) is 19.0. The highest BCUT2D eigenvalue weighted by Crippen LogP contribution is 2.15. The number of piperidine rings is 1. The third-order valence-electron chi connectivity index (χ3n) is 4.44. The largest absolute Gasteiger partial charge is 0.383 e. The van der Waals surface area contributed by atoms with E-state index in [9.17, 15) is 0 Å². The Bertz CT molecular complexity index is 385. The summed E-state index contributed by atoms with van der Waals surface area (Å²) in [7, 11) is 1.79. The van der Waals surface area contributed by atoms with Crippen LogP contribution in [0.2, 0.25) is 0 Å². The summed E-state index contributed by atoms with van der Waals surface area (Å²) in [5, 5.41) is 3.79. The number of hydrogen-bond acceptors (Lipinski definition) is 3. The maximum absolute atomic E-state index is 5.33. The van der Waals surface area contributed by atoms with Gasteiger partial charge in [0, 0.05) is 25.7 Å². The minimum absolute atomic E-state index is 0.473. The lowest BCUT2D eigenvalue weighted by molar-refractivity contribution is 0.122. The van der Waals surface area contributed by atoms with Crippen molar-refractivity contribution in [3.05, 3.63) is 35.9 Å². The van der Waals surface area contributed by atoms with Gasteiger partial charge in [0.2, 0.25) is 0 Å². The number of methoxy groups -OCH3 is 1. The van der Waals surface area contributed by atoms with Gasteiger partial charge in [-0.2, -0.15) is 0 Å². The van der Waals surface area contributed by atoms with Crippen LogP contribution in [0.5, 0.6) is 0 Å². The van der Waals surface area contributed by atoms with Crippen molar-refractivity contribution in [1.29, 1.82) is 0 Å². The third kappa shape index (κ3) is 5.42. The van der Waals surface area contributed by atoms with Crippen molar-refractivity contribution in [2.24, 2.45) is 5.92 Å². The predicted molar refractivity (Wildman–Crippen MR) is 88.4 cm³/mol. The van der Waals surface area contributed by atoms with Crippen LogP contribution in [0.3, 0.4) is 0 Å². The predicted octanol–water partition coefficient (Wildman–Crippen LogP) is 2.91. The van der Waals surface area contributed by atoms with E-state index in [0.717, 1.165) is 13.2 Å². The molecule has 0 radical (unpaired) electrons. The van der Waals surface area contributed by atoms with Crippen molar-refractivity contribution in [1.82, 2.24) is 10.2 Å². The fourth-order valence-corrected chi connectivity index (χ4v) is 3.01. The molecule has 21 heavy (non-hydrogen) atoms. The van der Waals surface area contributed by atoms with Crippen LogP contribution in [-0.4, -0.2) is 43.8 Å². The topological polar surface area (TPSA) is 24.5 Å². The second-order valence-electron chi connectivity index (χ2n) is 6.51. The number of nitrogens with one attached hydrogen (secondary N) is 1. The summed E-state index contributed by atoms with van der Waals surface area (Å²) in [6, 6.07) is 11.9. The molecule has 1 aromatic rings. The molecule has 0 saturated carbocycles. The first-order valence-corrected chi connectivity index (χ1v) is 8.20. The highest BCUT2D eigenvalue weighted by molar-refractivity contribution is 5.14. The molecule has 2 rings (SSSR count). The molecule has 0 aliphatic carbocycles. The lowest BCUT2D eigenvalue weighted by Gasteiger charge is -2.35. The Balaban J connectivity index is 1.75. The van der Waals surface area contributed by atoms with Gasteiger partial charge in [-0.05, 0) is 37.4 Å². The summed E-state index contributed by atoms with van der Waals surface area (Å²) < 4.78 is 5.33. The molecule has 118 valence electrons. The van der Waals surface area contributed by atoms with E-state index in [1.807, 2.05) is 0 Å². The molecule has 1 atom stereocenters. The van der Waals surface area contributed by atoms with Crippen molar-refractivity contribution in [2.45, 2.75) is 45.3 Å². The molecular weight excluding hydrogens is 260 g/mol. The van der Waals surface area contributed by atoms with Gasteiger partial charge in [-0.25, -0.2) is 0 Å². The third-order valence-corrected chi connectivity index (χ3v) is 4.44. The Kier molecular flexibility index (Phi) is 6.68. The molecule has 3 heteroatoms. The standard InChI is InChI=1S/C18H30N2O/c1-15(2)18(14-21-3)19-17-9-11-20(12-10-17)13-16-7-5-4-6-8-16/h4-8,15,17-19H,9-14H2,1-3H3. The van der Waals surface area contributed by atoms with Gasteiger partial charge in [0.05, 0.1) is 6.61 Å². The second-order valence-corrected chi connectivity index (χ2v) is 6.51.